The predicted octanol–water partition coefficient (Wildman–Crippen LogP) is 3.72. The van der Waals surface area contributed by atoms with Crippen molar-refractivity contribution in [2.45, 2.75) is 26.2 Å². The number of aliphatic carboxylic acids is 1. The molecule has 0 radical (unpaired) electrons. The summed E-state index contributed by atoms with van der Waals surface area (Å²) < 4.78 is 0. The zero-order valence-corrected chi connectivity index (χ0v) is 17.7. The van der Waals surface area contributed by atoms with Gasteiger partial charge in [-0.25, -0.2) is 4.99 Å². The van der Waals surface area contributed by atoms with Crippen LogP contribution in [0.4, 0.5) is 11.4 Å². The zero-order valence-electron chi connectivity index (χ0n) is 16.9. The molecule has 0 aromatic heterocycles. The largest absolute Gasteiger partial charge is 0.480 e. The Kier molecular flexibility index (Phi) is 5.90. The van der Waals surface area contributed by atoms with E-state index in [1.54, 1.807) is 24.3 Å². The monoisotopic (exact) mass is 435 g/mol. The minimum absolute atomic E-state index is 0.208. The van der Waals surface area contributed by atoms with Gasteiger partial charge in [-0.05, 0) is 48.4 Å². The van der Waals surface area contributed by atoms with Crippen molar-refractivity contribution in [3.63, 3.8) is 0 Å². The summed E-state index contributed by atoms with van der Waals surface area (Å²) in [4.78, 5) is 42.8. The van der Waals surface area contributed by atoms with Gasteiger partial charge in [-0.3, -0.25) is 19.3 Å². The van der Waals surface area contributed by atoms with Gasteiger partial charge in [-0.2, -0.15) is 0 Å². The summed E-state index contributed by atoms with van der Waals surface area (Å²) in [5, 5.41) is 12.3. The molecule has 4 rings (SSSR count). The molecule has 2 aliphatic rings. The molecule has 2 aromatic carbocycles. The number of rotatable bonds is 6. The molecule has 0 unspecified atom stereocenters. The molecule has 1 saturated heterocycles. The first-order chi connectivity index (χ1) is 15.0. The second kappa shape index (κ2) is 8.77. The number of benzene rings is 2. The maximum atomic E-state index is 13.0. The highest BCUT2D eigenvalue weighted by atomic mass is 32.2. The van der Waals surface area contributed by atoms with Gasteiger partial charge in [0.05, 0.1) is 21.9 Å². The molecule has 31 heavy (non-hydrogen) atoms. The van der Waals surface area contributed by atoms with Crippen molar-refractivity contribution in [2.24, 2.45) is 4.99 Å². The molecule has 0 bridgehead atoms. The number of amidine groups is 1. The first-order valence-electron chi connectivity index (χ1n) is 10.0. The Hall–Kier alpha value is -3.39. The summed E-state index contributed by atoms with van der Waals surface area (Å²) in [5.41, 5.74) is 3.19. The molecule has 8 heteroatoms. The van der Waals surface area contributed by atoms with Crippen LogP contribution >= 0.6 is 11.8 Å². The molecule has 0 spiro atoms. The van der Waals surface area contributed by atoms with Crippen LogP contribution in [0.1, 0.15) is 30.9 Å². The SMILES string of the molecule is CCCCc1ccc(N=C2NC(=O)/C(=C3/C(=O)N(CC(=O)O)c4ccccc43)S2)cc1. The molecule has 2 aromatic rings. The van der Waals surface area contributed by atoms with Crippen LogP contribution in [0.5, 0.6) is 0 Å². The maximum Gasteiger partial charge on any atom is 0.323 e. The fraction of sp³-hybridized carbons (Fsp3) is 0.217. The highest BCUT2D eigenvalue weighted by Crippen LogP contribution is 2.42. The Morgan fingerprint density at radius 2 is 1.87 bits per heavy atom. The Morgan fingerprint density at radius 3 is 2.58 bits per heavy atom. The highest BCUT2D eigenvalue weighted by molar-refractivity contribution is 8.18. The number of para-hydroxylation sites is 1. The average Bonchev–Trinajstić information content (AvgIpc) is 3.24. The smallest absolute Gasteiger partial charge is 0.323 e. The Morgan fingerprint density at radius 1 is 1.13 bits per heavy atom. The van der Waals surface area contributed by atoms with Crippen LogP contribution in [0.25, 0.3) is 5.57 Å². The normalized spacial score (nSPS) is 19.1. The standard InChI is InChI=1S/C23H21N3O4S/c1-2-3-6-14-9-11-15(12-10-14)24-23-25-21(29)20(31-23)19-16-7-4-5-8-17(16)26(22(19)30)13-18(27)28/h4-5,7-12H,2-3,6,13H2,1H3,(H,27,28)(H,24,25,29)/b20-19-. The van der Waals surface area contributed by atoms with Crippen LogP contribution in [0, 0.1) is 0 Å². The van der Waals surface area contributed by atoms with Gasteiger partial charge in [0.15, 0.2) is 5.17 Å². The van der Waals surface area contributed by atoms with Crippen LogP contribution in [-0.4, -0.2) is 34.6 Å². The minimum atomic E-state index is -1.12. The van der Waals surface area contributed by atoms with Crippen LogP contribution in [0.2, 0.25) is 0 Å². The summed E-state index contributed by atoms with van der Waals surface area (Å²) in [6.45, 7) is 1.69. The number of hydrogen-bond acceptors (Lipinski definition) is 5. The molecule has 7 nitrogen and oxygen atoms in total. The molecule has 2 amide bonds. The van der Waals surface area contributed by atoms with Gasteiger partial charge < -0.3 is 10.4 Å². The van der Waals surface area contributed by atoms with Gasteiger partial charge in [-0.1, -0.05) is 43.7 Å². The van der Waals surface area contributed by atoms with E-state index >= 15 is 0 Å². The van der Waals surface area contributed by atoms with Gasteiger partial charge in [0.2, 0.25) is 0 Å². The number of carbonyl (C=O) groups excluding carboxylic acids is 2. The number of carbonyl (C=O) groups is 3. The van der Waals surface area contributed by atoms with Crippen LogP contribution in [0.15, 0.2) is 58.4 Å². The number of nitrogens with one attached hydrogen (secondary N) is 1. The molecular weight excluding hydrogens is 414 g/mol. The van der Waals surface area contributed by atoms with E-state index < -0.39 is 24.3 Å². The lowest BCUT2D eigenvalue weighted by atomic mass is 10.1. The second-order valence-corrected chi connectivity index (χ2v) is 8.25. The van der Waals surface area contributed by atoms with E-state index in [1.807, 2.05) is 24.3 Å². The Labute approximate surface area is 183 Å². The molecule has 2 aliphatic heterocycles. The summed E-state index contributed by atoms with van der Waals surface area (Å²) in [7, 11) is 0. The molecule has 2 N–H and O–H groups in total. The molecule has 2 heterocycles. The third-order valence-electron chi connectivity index (χ3n) is 5.06. The van der Waals surface area contributed by atoms with E-state index in [2.05, 4.69) is 17.2 Å². The Balaban J connectivity index is 1.63. The number of unbranched alkanes of at least 4 members (excludes halogenated alkanes) is 1. The molecule has 158 valence electrons. The number of aliphatic imine (C=N–C) groups is 1. The lowest BCUT2D eigenvalue weighted by molar-refractivity contribution is -0.136. The first-order valence-corrected chi connectivity index (χ1v) is 10.8. The van der Waals surface area contributed by atoms with E-state index in [0.29, 0.717) is 22.1 Å². The lowest BCUT2D eigenvalue weighted by Gasteiger charge is -2.13. The Bertz CT molecular complexity index is 1120. The van der Waals surface area contributed by atoms with Crippen LogP contribution < -0.4 is 10.2 Å². The fourth-order valence-corrected chi connectivity index (χ4v) is 4.50. The van der Waals surface area contributed by atoms with Crippen LogP contribution in [-0.2, 0) is 20.8 Å². The fourth-order valence-electron chi connectivity index (χ4n) is 3.56. The summed E-state index contributed by atoms with van der Waals surface area (Å²) in [6, 6.07) is 14.7. The molecule has 0 saturated carbocycles. The van der Waals surface area contributed by atoms with E-state index in [4.69, 9.17) is 0 Å². The lowest BCUT2D eigenvalue weighted by Crippen LogP contribution is -2.32. The number of nitrogens with zero attached hydrogens (tertiary/aromatic N) is 2. The maximum absolute atomic E-state index is 13.0. The number of anilines is 1. The van der Waals surface area contributed by atoms with E-state index in [0.717, 1.165) is 31.0 Å². The molecule has 0 atom stereocenters. The van der Waals surface area contributed by atoms with Crippen molar-refractivity contribution < 1.29 is 19.5 Å². The van der Waals surface area contributed by atoms with Gasteiger partial charge >= 0.3 is 5.97 Å². The number of amides is 2. The number of carboxylic acids is 1. The first kappa shape index (κ1) is 20.9. The zero-order chi connectivity index (χ0) is 22.0. The summed E-state index contributed by atoms with van der Waals surface area (Å²) in [5.74, 6) is -2.04. The molecule has 0 aliphatic carbocycles. The molecule has 1 fully saturated rings. The predicted molar refractivity (Wildman–Crippen MR) is 121 cm³/mol. The third kappa shape index (κ3) is 4.25. The van der Waals surface area contributed by atoms with Gasteiger partial charge in [0.1, 0.15) is 6.54 Å². The van der Waals surface area contributed by atoms with Crippen LogP contribution in [0.3, 0.4) is 0 Å². The van der Waals surface area contributed by atoms with E-state index in [-0.39, 0.29) is 10.5 Å². The number of thioether (sulfide) groups is 1. The van der Waals surface area contributed by atoms with Crippen molar-refractivity contribution in [2.75, 3.05) is 11.4 Å². The van der Waals surface area contributed by atoms with E-state index in [9.17, 15) is 19.5 Å². The molecular formula is C23H21N3O4S. The van der Waals surface area contributed by atoms with Gasteiger partial charge in [0, 0.05) is 5.56 Å². The number of fused-ring (bicyclic) bond motifs is 1. The highest BCUT2D eigenvalue weighted by Gasteiger charge is 2.39. The number of carboxylic acid groups (broad SMARTS) is 1. The number of hydrogen-bond donors (Lipinski definition) is 2. The van der Waals surface area contributed by atoms with Crippen molar-refractivity contribution in [1.82, 2.24) is 5.32 Å². The topological polar surface area (TPSA) is 99.1 Å². The van der Waals surface area contributed by atoms with Crippen molar-refractivity contribution in [1.29, 1.82) is 0 Å². The van der Waals surface area contributed by atoms with Crippen molar-refractivity contribution in [3.8, 4) is 0 Å². The number of aryl methyl sites for hydroxylation is 1. The van der Waals surface area contributed by atoms with E-state index in [1.165, 1.54) is 10.5 Å². The average molecular weight is 436 g/mol. The van der Waals surface area contributed by atoms with Gasteiger partial charge in [0.25, 0.3) is 11.8 Å². The van der Waals surface area contributed by atoms with Gasteiger partial charge in [-0.15, -0.1) is 0 Å². The quantitative estimate of drug-likeness (QED) is 0.674. The van der Waals surface area contributed by atoms with Crippen molar-refractivity contribution >= 4 is 51.7 Å². The minimum Gasteiger partial charge on any atom is -0.480 e. The summed E-state index contributed by atoms with van der Waals surface area (Å²) in [6.07, 6.45) is 3.28. The third-order valence-corrected chi connectivity index (χ3v) is 6.04. The summed E-state index contributed by atoms with van der Waals surface area (Å²) >= 11 is 1.09. The van der Waals surface area contributed by atoms with Crippen molar-refractivity contribution in [3.05, 3.63) is 64.6 Å². The second-order valence-electron chi connectivity index (χ2n) is 7.25.